The first-order chi connectivity index (χ1) is 13.7. The number of fused-ring (bicyclic) bond motifs is 1. The Hall–Kier alpha value is -3.38. The summed E-state index contributed by atoms with van der Waals surface area (Å²) in [5.74, 6) is -0.646. The number of rotatable bonds is 5. The summed E-state index contributed by atoms with van der Waals surface area (Å²) in [5.41, 5.74) is 3.73. The molecule has 0 bridgehead atoms. The highest BCUT2D eigenvalue weighted by Gasteiger charge is 2.25. The van der Waals surface area contributed by atoms with Gasteiger partial charge in [0.05, 0.1) is 17.2 Å². The van der Waals surface area contributed by atoms with Crippen LogP contribution in [0.25, 0.3) is 11.6 Å². The van der Waals surface area contributed by atoms with Crippen molar-refractivity contribution in [3.05, 3.63) is 70.6 Å². The summed E-state index contributed by atoms with van der Waals surface area (Å²) >= 11 is 1.30. The van der Waals surface area contributed by atoms with Gasteiger partial charge in [-0.2, -0.15) is 0 Å². The summed E-state index contributed by atoms with van der Waals surface area (Å²) in [7, 11) is 0. The Kier molecular flexibility index (Phi) is 4.95. The lowest BCUT2D eigenvalue weighted by molar-refractivity contribution is 0.0525. The zero-order chi connectivity index (χ0) is 19.5. The second kappa shape index (κ2) is 7.70. The lowest BCUT2D eigenvalue weighted by Crippen LogP contribution is -2.06. The summed E-state index contributed by atoms with van der Waals surface area (Å²) in [6.45, 7) is 1.97. The molecule has 0 amide bonds. The van der Waals surface area contributed by atoms with Gasteiger partial charge in [-0.05, 0) is 31.2 Å². The van der Waals surface area contributed by atoms with E-state index in [0.29, 0.717) is 9.88 Å². The molecule has 2 heterocycles. The Bertz CT molecular complexity index is 1080. The number of ether oxygens (including phenoxy) is 1. The Morgan fingerprint density at radius 1 is 1.18 bits per heavy atom. The molecule has 2 N–H and O–H groups in total. The van der Waals surface area contributed by atoms with E-state index in [4.69, 9.17) is 4.74 Å². The van der Waals surface area contributed by atoms with E-state index in [1.807, 2.05) is 60.7 Å². The minimum atomic E-state index is -0.556. The number of carbonyl (C=O) groups excluding carboxylic acids is 1. The van der Waals surface area contributed by atoms with Gasteiger partial charge in [0.15, 0.2) is 0 Å². The van der Waals surface area contributed by atoms with Gasteiger partial charge in [0, 0.05) is 23.0 Å². The smallest absolute Gasteiger partial charge is 0.344 e. The number of nitrogens with one attached hydrogen (secondary N) is 1. The van der Waals surface area contributed by atoms with Crippen LogP contribution in [0.4, 0.5) is 16.4 Å². The highest BCUT2D eigenvalue weighted by Crippen LogP contribution is 2.43. The monoisotopic (exact) mass is 390 g/mol. The average Bonchev–Trinajstić information content (AvgIpc) is 3.24. The zero-order valence-electron chi connectivity index (χ0n) is 15.2. The molecule has 0 saturated carbocycles. The number of anilines is 2. The van der Waals surface area contributed by atoms with Gasteiger partial charge in [0.1, 0.15) is 16.3 Å². The number of esters is 1. The van der Waals surface area contributed by atoms with Crippen molar-refractivity contribution in [1.82, 2.24) is 0 Å². The first-order valence-electron chi connectivity index (χ1n) is 8.87. The fourth-order valence-corrected chi connectivity index (χ4v) is 4.02. The summed E-state index contributed by atoms with van der Waals surface area (Å²) in [6, 6.07) is 17.3. The van der Waals surface area contributed by atoms with Crippen molar-refractivity contribution >= 4 is 51.5 Å². The number of hydrogen-bond acceptors (Lipinski definition) is 6. The van der Waals surface area contributed by atoms with Crippen LogP contribution in [0.5, 0.6) is 5.75 Å². The van der Waals surface area contributed by atoms with Gasteiger partial charge in [-0.3, -0.25) is 4.99 Å². The highest BCUT2D eigenvalue weighted by atomic mass is 32.1. The van der Waals surface area contributed by atoms with E-state index < -0.39 is 5.97 Å². The van der Waals surface area contributed by atoms with Crippen molar-refractivity contribution in [3.63, 3.8) is 0 Å². The quantitative estimate of drug-likeness (QED) is 0.554. The number of benzene rings is 2. The summed E-state index contributed by atoms with van der Waals surface area (Å²) in [4.78, 5) is 17.4. The molecule has 6 heteroatoms. The van der Waals surface area contributed by atoms with E-state index >= 15 is 0 Å². The van der Waals surface area contributed by atoms with E-state index in [2.05, 4.69) is 10.3 Å². The van der Waals surface area contributed by atoms with Crippen LogP contribution < -0.4 is 5.32 Å². The van der Waals surface area contributed by atoms with Gasteiger partial charge >= 0.3 is 5.97 Å². The maximum absolute atomic E-state index is 12.5. The van der Waals surface area contributed by atoms with Crippen LogP contribution in [0.1, 0.15) is 27.7 Å². The van der Waals surface area contributed by atoms with Gasteiger partial charge in [-0.1, -0.05) is 36.4 Å². The van der Waals surface area contributed by atoms with Crippen LogP contribution in [0.3, 0.4) is 0 Å². The average molecular weight is 390 g/mol. The number of carbonyl (C=O) groups is 1. The topological polar surface area (TPSA) is 70.9 Å². The van der Waals surface area contributed by atoms with Gasteiger partial charge in [-0.25, -0.2) is 4.79 Å². The van der Waals surface area contributed by atoms with Crippen molar-refractivity contribution < 1.29 is 14.6 Å². The Morgan fingerprint density at radius 2 is 1.93 bits per heavy atom. The number of thiophene rings is 1. The minimum absolute atomic E-state index is 0.0906. The van der Waals surface area contributed by atoms with Gasteiger partial charge in [0.25, 0.3) is 0 Å². The molecule has 4 rings (SSSR count). The molecule has 0 atom stereocenters. The van der Waals surface area contributed by atoms with Crippen molar-refractivity contribution in [1.29, 1.82) is 0 Å². The number of hydrogen-bond donors (Lipinski definition) is 2. The van der Waals surface area contributed by atoms with E-state index in [9.17, 15) is 9.90 Å². The van der Waals surface area contributed by atoms with Crippen LogP contribution in [0, 0.1) is 0 Å². The lowest BCUT2D eigenvalue weighted by atomic mass is 10.1. The van der Waals surface area contributed by atoms with Crippen molar-refractivity contribution in [2.75, 3.05) is 11.9 Å². The van der Waals surface area contributed by atoms with Crippen LogP contribution in [-0.2, 0) is 4.74 Å². The third-order valence-corrected chi connectivity index (χ3v) is 5.31. The predicted octanol–water partition coefficient (Wildman–Crippen LogP) is 5.63. The normalized spacial score (nSPS) is 13.5. The second-order valence-corrected chi connectivity index (χ2v) is 7.16. The van der Waals surface area contributed by atoms with Gasteiger partial charge in [0.2, 0.25) is 0 Å². The SMILES string of the molecule is CCOC(=O)c1c(Nc2ccccc2)sc(/C=C2/C=Nc3ccccc32)c1O. The number of para-hydroxylation sites is 2. The van der Waals surface area contributed by atoms with Crippen LogP contribution in [0.2, 0.25) is 0 Å². The lowest BCUT2D eigenvalue weighted by Gasteiger charge is -2.07. The molecule has 2 aromatic carbocycles. The molecule has 28 heavy (non-hydrogen) atoms. The molecule has 0 unspecified atom stereocenters. The number of aromatic hydroxyl groups is 1. The maximum Gasteiger partial charge on any atom is 0.344 e. The fraction of sp³-hybridized carbons (Fsp3) is 0.0909. The van der Waals surface area contributed by atoms with Crippen molar-refractivity contribution in [2.45, 2.75) is 6.92 Å². The highest BCUT2D eigenvalue weighted by molar-refractivity contribution is 7.18. The van der Waals surface area contributed by atoms with Crippen molar-refractivity contribution in [3.8, 4) is 5.75 Å². The molecule has 5 nitrogen and oxygen atoms in total. The summed E-state index contributed by atoms with van der Waals surface area (Å²) in [5, 5.41) is 14.5. The van der Waals surface area contributed by atoms with Crippen LogP contribution >= 0.6 is 11.3 Å². The van der Waals surface area contributed by atoms with Crippen LogP contribution in [-0.4, -0.2) is 23.9 Å². The molecule has 1 aromatic heterocycles. The zero-order valence-corrected chi connectivity index (χ0v) is 16.0. The van der Waals surface area contributed by atoms with Gasteiger partial charge < -0.3 is 15.2 Å². The molecule has 0 aliphatic carbocycles. The Balaban J connectivity index is 1.77. The third kappa shape index (κ3) is 3.42. The largest absolute Gasteiger partial charge is 0.505 e. The minimum Gasteiger partial charge on any atom is -0.505 e. The Labute approximate surface area is 166 Å². The summed E-state index contributed by atoms with van der Waals surface area (Å²) in [6.07, 6.45) is 3.60. The maximum atomic E-state index is 12.5. The molecule has 1 aliphatic heterocycles. The molecule has 1 aliphatic rings. The summed E-state index contributed by atoms with van der Waals surface area (Å²) < 4.78 is 5.15. The number of aliphatic imine (C=N–C) groups is 1. The first-order valence-corrected chi connectivity index (χ1v) is 9.69. The van der Waals surface area contributed by atoms with Crippen LogP contribution in [0.15, 0.2) is 59.6 Å². The number of allylic oxidation sites excluding steroid dienone is 1. The van der Waals surface area contributed by atoms with E-state index in [1.54, 1.807) is 13.1 Å². The van der Waals surface area contributed by atoms with E-state index in [0.717, 1.165) is 22.5 Å². The number of nitrogens with zero attached hydrogens (tertiary/aromatic N) is 1. The third-order valence-electron chi connectivity index (χ3n) is 4.26. The standard InChI is InChI=1S/C22H18N2O3S/c1-2-27-22(26)19-20(25)18(28-21(19)24-15-8-4-3-5-9-15)12-14-13-23-17-11-7-6-10-16(14)17/h3-13,24-25H,2H2,1H3/b14-12-. The van der Waals surface area contributed by atoms with Gasteiger partial charge in [-0.15, -0.1) is 11.3 Å². The molecule has 0 saturated heterocycles. The van der Waals surface area contributed by atoms with Crippen molar-refractivity contribution in [2.24, 2.45) is 4.99 Å². The molecular weight excluding hydrogens is 372 g/mol. The fourth-order valence-electron chi connectivity index (χ4n) is 2.97. The van der Waals surface area contributed by atoms with E-state index in [-0.39, 0.29) is 17.9 Å². The molecule has 0 fully saturated rings. The molecule has 0 spiro atoms. The molecule has 140 valence electrons. The first kappa shape index (κ1) is 18.0. The Morgan fingerprint density at radius 3 is 2.71 bits per heavy atom. The second-order valence-electron chi connectivity index (χ2n) is 6.11. The molecule has 0 radical (unpaired) electrons. The molecule has 3 aromatic rings. The predicted molar refractivity (Wildman–Crippen MR) is 114 cm³/mol. The van der Waals surface area contributed by atoms with E-state index in [1.165, 1.54) is 11.3 Å². The molecular formula is C22H18N2O3S.